The van der Waals surface area contributed by atoms with E-state index in [1.165, 1.54) is 12.1 Å². The van der Waals surface area contributed by atoms with Crippen molar-refractivity contribution >= 4 is 11.5 Å². The molecule has 0 aliphatic carbocycles. The fraction of sp³-hybridized carbons (Fsp3) is 0.0833. The molecule has 2 nitrogen and oxygen atoms in total. The van der Waals surface area contributed by atoms with Crippen LogP contribution >= 0.6 is 0 Å². The summed E-state index contributed by atoms with van der Waals surface area (Å²) >= 11 is 0. The zero-order chi connectivity index (χ0) is 10.7. The third-order valence-electron chi connectivity index (χ3n) is 2.03. The van der Waals surface area contributed by atoms with Crippen molar-refractivity contribution in [1.29, 1.82) is 0 Å². The highest BCUT2D eigenvalue weighted by molar-refractivity contribution is 5.56. The molecular formula is C12H11FN2. The first kappa shape index (κ1) is 9.65. The molecule has 1 heterocycles. The van der Waals surface area contributed by atoms with Crippen molar-refractivity contribution in [2.45, 2.75) is 6.92 Å². The molecule has 2 rings (SSSR count). The summed E-state index contributed by atoms with van der Waals surface area (Å²) in [7, 11) is 0. The second-order valence-corrected chi connectivity index (χ2v) is 3.35. The van der Waals surface area contributed by atoms with Crippen LogP contribution in [0, 0.1) is 12.7 Å². The molecule has 0 saturated carbocycles. The Hall–Kier alpha value is -1.90. The number of hydrogen-bond donors (Lipinski definition) is 1. The van der Waals surface area contributed by atoms with Gasteiger partial charge in [0.05, 0.1) is 0 Å². The summed E-state index contributed by atoms with van der Waals surface area (Å²) in [6, 6.07) is 10.0. The Balaban J connectivity index is 2.18. The van der Waals surface area contributed by atoms with Crippen molar-refractivity contribution in [3.05, 3.63) is 54.0 Å². The number of hydrogen-bond acceptors (Lipinski definition) is 2. The Bertz CT molecular complexity index is 451. The molecule has 0 unspecified atom stereocenters. The number of aryl methyl sites for hydroxylation is 1. The standard InChI is InChI=1S/C12H11FN2/c1-9-6-7-14-12(8-9)15-11-4-2-10(13)3-5-11/h2-8H,1H3,(H,14,15). The monoisotopic (exact) mass is 202 g/mol. The lowest BCUT2D eigenvalue weighted by Crippen LogP contribution is -1.93. The second kappa shape index (κ2) is 4.09. The average molecular weight is 202 g/mol. The molecule has 0 saturated heterocycles. The predicted octanol–water partition coefficient (Wildman–Crippen LogP) is 3.27. The highest BCUT2D eigenvalue weighted by atomic mass is 19.1. The highest BCUT2D eigenvalue weighted by Gasteiger charge is 1.96. The fourth-order valence-electron chi connectivity index (χ4n) is 1.29. The maximum atomic E-state index is 12.6. The molecule has 76 valence electrons. The van der Waals surface area contributed by atoms with Crippen molar-refractivity contribution < 1.29 is 4.39 Å². The largest absolute Gasteiger partial charge is 0.340 e. The number of benzene rings is 1. The first-order valence-corrected chi connectivity index (χ1v) is 4.69. The summed E-state index contributed by atoms with van der Waals surface area (Å²) in [4.78, 5) is 4.15. The van der Waals surface area contributed by atoms with Crippen molar-refractivity contribution in [3.63, 3.8) is 0 Å². The van der Waals surface area contributed by atoms with E-state index in [9.17, 15) is 4.39 Å². The van der Waals surface area contributed by atoms with Crippen LogP contribution in [0.5, 0.6) is 0 Å². The van der Waals surface area contributed by atoms with E-state index in [4.69, 9.17) is 0 Å². The van der Waals surface area contributed by atoms with Crippen LogP contribution in [-0.2, 0) is 0 Å². The molecule has 0 radical (unpaired) electrons. The lowest BCUT2D eigenvalue weighted by Gasteiger charge is -2.05. The first-order chi connectivity index (χ1) is 7.24. The SMILES string of the molecule is Cc1ccnc(Nc2ccc(F)cc2)c1. The number of nitrogens with one attached hydrogen (secondary N) is 1. The Labute approximate surface area is 87.8 Å². The maximum Gasteiger partial charge on any atom is 0.130 e. The second-order valence-electron chi connectivity index (χ2n) is 3.35. The Morgan fingerprint density at radius 1 is 1.13 bits per heavy atom. The van der Waals surface area contributed by atoms with Crippen molar-refractivity contribution in [3.8, 4) is 0 Å². The van der Waals surface area contributed by atoms with Crippen molar-refractivity contribution in [1.82, 2.24) is 4.98 Å². The van der Waals surface area contributed by atoms with E-state index >= 15 is 0 Å². The average Bonchev–Trinajstić information content (AvgIpc) is 2.22. The number of halogens is 1. The third kappa shape index (κ3) is 2.53. The Kier molecular flexibility index (Phi) is 2.63. The zero-order valence-corrected chi connectivity index (χ0v) is 8.37. The van der Waals surface area contributed by atoms with Gasteiger partial charge in [0.15, 0.2) is 0 Å². The van der Waals surface area contributed by atoms with Crippen LogP contribution in [0.1, 0.15) is 5.56 Å². The van der Waals surface area contributed by atoms with Gasteiger partial charge >= 0.3 is 0 Å². The third-order valence-corrected chi connectivity index (χ3v) is 2.03. The highest BCUT2D eigenvalue weighted by Crippen LogP contribution is 2.15. The number of aromatic nitrogens is 1. The van der Waals surface area contributed by atoms with Crippen LogP contribution in [0.4, 0.5) is 15.9 Å². The van der Waals surface area contributed by atoms with E-state index in [0.29, 0.717) is 0 Å². The van der Waals surface area contributed by atoms with Gasteiger partial charge in [0, 0.05) is 11.9 Å². The summed E-state index contributed by atoms with van der Waals surface area (Å²) in [5.74, 6) is 0.527. The van der Waals surface area contributed by atoms with Gasteiger partial charge in [-0.2, -0.15) is 0 Å². The minimum atomic E-state index is -0.238. The maximum absolute atomic E-state index is 12.6. The van der Waals surface area contributed by atoms with Crippen LogP contribution in [0.15, 0.2) is 42.6 Å². The first-order valence-electron chi connectivity index (χ1n) is 4.69. The molecule has 1 N–H and O–H groups in total. The number of anilines is 2. The minimum Gasteiger partial charge on any atom is -0.340 e. The molecule has 1 aromatic carbocycles. The van der Waals surface area contributed by atoms with Crippen LogP contribution in [0.2, 0.25) is 0 Å². The molecule has 0 aliphatic rings. The summed E-state index contributed by atoms with van der Waals surface area (Å²) < 4.78 is 12.6. The summed E-state index contributed by atoms with van der Waals surface area (Å²) in [5.41, 5.74) is 1.96. The van der Waals surface area contributed by atoms with Gasteiger partial charge in [0.25, 0.3) is 0 Å². The molecular weight excluding hydrogens is 191 g/mol. The molecule has 0 fully saturated rings. The van der Waals surface area contributed by atoms with Gasteiger partial charge in [-0.05, 0) is 48.9 Å². The fourth-order valence-corrected chi connectivity index (χ4v) is 1.29. The molecule has 0 atom stereocenters. The molecule has 1 aromatic heterocycles. The number of rotatable bonds is 2. The molecule has 0 aliphatic heterocycles. The van der Waals surface area contributed by atoms with Crippen LogP contribution < -0.4 is 5.32 Å². The summed E-state index contributed by atoms with van der Waals surface area (Å²) in [6.07, 6.45) is 1.74. The van der Waals surface area contributed by atoms with Gasteiger partial charge in [0.2, 0.25) is 0 Å². The van der Waals surface area contributed by atoms with E-state index < -0.39 is 0 Å². The molecule has 0 amide bonds. The molecule has 2 aromatic rings. The minimum absolute atomic E-state index is 0.238. The molecule has 0 bridgehead atoms. The number of pyridine rings is 1. The Morgan fingerprint density at radius 3 is 2.53 bits per heavy atom. The van der Waals surface area contributed by atoms with Gasteiger partial charge in [-0.3, -0.25) is 0 Å². The van der Waals surface area contributed by atoms with Crippen LogP contribution in [0.3, 0.4) is 0 Å². The topological polar surface area (TPSA) is 24.9 Å². The van der Waals surface area contributed by atoms with Gasteiger partial charge in [-0.25, -0.2) is 9.37 Å². The normalized spacial score (nSPS) is 10.0. The van der Waals surface area contributed by atoms with Gasteiger partial charge in [-0.1, -0.05) is 0 Å². The lowest BCUT2D eigenvalue weighted by atomic mass is 10.3. The predicted molar refractivity (Wildman–Crippen MR) is 58.7 cm³/mol. The van der Waals surface area contributed by atoms with Gasteiger partial charge in [0.1, 0.15) is 11.6 Å². The van der Waals surface area contributed by atoms with Gasteiger partial charge in [-0.15, -0.1) is 0 Å². The zero-order valence-electron chi connectivity index (χ0n) is 8.37. The lowest BCUT2D eigenvalue weighted by molar-refractivity contribution is 0.628. The summed E-state index contributed by atoms with van der Waals surface area (Å²) in [5, 5.41) is 3.09. The van der Waals surface area contributed by atoms with Crippen LogP contribution in [-0.4, -0.2) is 4.98 Å². The van der Waals surface area contributed by atoms with Gasteiger partial charge < -0.3 is 5.32 Å². The van der Waals surface area contributed by atoms with E-state index in [-0.39, 0.29) is 5.82 Å². The Morgan fingerprint density at radius 2 is 1.87 bits per heavy atom. The quantitative estimate of drug-likeness (QED) is 0.808. The van der Waals surface area contributed by atoms with E-state index in [0.717, 1.165) is 17.1 Å². The van der Waals surface area contributed by atoms with E-state index in [2.05, 4.69) is 10.3 Å². The molecule has 0 spiro atoms. The molecule has 3 heteroatoms. The summed E-state index contributed by atoms with van der Waals surface area (Å²) in [6.45, 7) is 2.00. The smallest absolute Gasteiger partial charge is 0.130 e. The van der Waals surface area contributed by atoms with Crippen molar-refractivity contribution in [2.24, 2.45) is 0 Å². The van der Waals surface area contributed by atoms with E-state index in [1.54, 1.807) is 18.3 Å². The van der Waals surface area contributed by atoms with Crippen molar-refractivity contribution in [2.75, 3.05) is 5.32 Å². The van der Waals surface area contributed by atoms with Crippen LogP contribution in [0.25, 0.3) is 0 Å². The number of nitrogens with zero attached hydrogens (tertiary/aromatic N) is 1. The molecule has 15 heavy (non-hydrogen) atoms. The van der Waals surface area contributed by atoms with E-state index in [1.807, 2.05) is 19.1 Å².